The van der Waals surface area contributed by atoms with E-state index < -0.39 is 0 Å². The third-order valence-corrected chi connectivity index (χ3v) is 2.94. The van der Waals surface area contributed by atoms with Gasteiger partial charge in [0, 0.05) is 35.4 Å². The van der Waals surface area contributed by atoms with E-state index in [1.54, 1.807) is 36.9 Å². The lowest BCUT2D eigenvalue weighted by atomic mass is 10.1. The minimum atomic E-state index is 0.515. The van der Waals surface area contributed by atoms with E-state index in [-0.39, 0.29) is 0 Å². The van der Waals surface area contributed by atoms with Gasteiger partial charge in [0.1, 0.15) is 5.75 Å². The first kappa shape index (κ1) is 11.7. The number of anilines is 1. The normalized spacial score (nSPS) is 10.6. The van der Waals surface area contributed by atoms with Crippen molar-refractivity contribution in [3.63, 3.8) is 0 Å². The minimum absolute atomic E-state index is 0.515. The van der Waals surface area contributed by atoms with Gasteiger partial charge in [0.2, 0.25) is 0 Å². The zero-order valence-electron chi connectivity index (χ0n) is 9.88. The highest BCUT2D eigenvalue weighted by molar-refractivity contribution is 6.30. The number of hydrogen-bond acceptors (Lipinski definition) is 4. The number of hydrogen-bond donors (Lipinski definition) is 1. The molecule has 3 rings (SSSR count). The summed E-state index contributed by atoms with van der Waals surface area (Å²) in [6, 6.07) is 7.25. The maximum absolute atomic E-state index is 6.10. The molecule has 19 heavy (non-hydrogen) atoms. The standard InChI is InChI=1S/C14H10ClN3O/c15-10-5-11(8-18-7-10)19-13-2-1-9-6-17-4-3-12(9)14(13)16/h1-8H,16H2. The van der Waals surface area contributed by atoms with Crippen LogP contribution in [0.5, 0.6) is 11.5 Å². The average molecular weight is 272 g/mol. The number of nitrogen functional groups attached to an aromatic ring is 1. The van der Waals surface area contributed by atoms with Gasteiger partial charge in [0.15, 0.2) is 5.75 Å². The van der Waals surface area contributed by atoms with Gasteiger partial charge in [-0.2, -0.15) is 0 Å². The van der Waals surface area contributed by atoms with E-state index in [2.05, 4.69) is 9.97 Å². The lowest BCUT2D eigenvalue weighted by Gasteiger charge is -2.10. The number of halogens is 1. The zero-order valence-corrected chi connectivity index (χ0v) is 10.6. The predicted octanol–water partition coefficient (Wildman–Crippen LogP) is 3.66. The van der Waals surface area contributed by atoms with Crippen molar-refractivity contribution in [1.82, 2.24) is 9.97 Å². The average Bonchev–Trinajstić information content (AvgIpc) is 2.42. The molecule has 2 heterocycles. The Morgan fingerprint density at radius 1 is 1.05 bits per heavy atom. The van der Waals surface area contributed by atoms with Crippen molar-refractivity contribution in [3.05, 3.63) is 54.1 Å². The van der Waals surface area contributed by atoms with E-state index in [0.717, 1.165) is 10.8 Å². The summed E-state index contributed by atoms with van der Waals surface area (Å²) in [6.45, 7) is 0. The molecule has 0 aliphatic heterocycles. The van der Waals surface area contributed by atoms with Gasteiger partial charge in [-0.05, 0) is 18.2 Å². The lowest BCUT2D eigenvalue weighted by molar-refractivity contribution is 0.483. The van der Waals surface area contributed by atoms with Crippen LogP contribution in [0, 0.1) is 0 Å². The number of benzene rings is 1. The summed E-state index contributed by atoms with van der Waals surface area (Å²) in [5.74, 6) is 1.12. The molecule has 4 nitrogen and oxygen atoms in total. The van der Waals surface area contributed by atoms with Crippen LogP contribution in [0.25, 0.3) is 10.8 Å². The first-order chi connectivity index (χ1) is 9.24. The number of ether oxygens (including phenoxy) is 1. The molecule has 0 fully saturated rings. The third-order valence-electron chi connectivity index (χ3n) is 2.73. The van der Waals surface area contributed by atoms with E-state index in [0.29, 0.717) is 22.2 Å². The summed E-state index contributed by atoms with van der Waals surface area (Å²) in [6.07, 6.45) is 6.59. The number of rotatable bonds is 2. The second-order valence-corrected chi connectivity index (χ2v) is 4.45. The molecule has 2 aromatic heterocycles. The molecule has 3 aromatic rings. The fourth-order valence-electron chi connectivity index (χ4n) is 1.84. The molecule has 5 heteroatoms. The summed E-state index contributed by atoms with van der Waals surface area (Å²) in [4.78, 5) is 8.02. The van der Waals surface area contributed by atoms with Crippen LogP contribution in [0.15, 0.2) is 49.1 Å². The fraction of sp³-hybridized carbons (Fsp3) is 0. The SMILES string of the molecule is Nc1c(Oc2cncc(Cl)c2)ccc2cnccc12. The zero-order chi connectivity index (χ0) is 13.2. The van der Waals surface area contributed by atoms with Crippen molar-refractivity contribution in [2.45, 2.75) is 0 Å². The van der Waals surface area contributed by atoms with Crippen LogP contribution in [0.2, 0.25) is 5.02 Å². The molecule has 0 radical (unpaired) electrons. The van der Waals surface area contributed by atoms with Gasteiger partial charge in [0.25, 0.3) is 0 Å². The molecule has 0 saturated heterocycles. The summed E-state index contributed by atoms with van der Waals surface area (Å²) >= 11 is 5.86. The van der Waals surface area contributed by atoms with Crippen molar-refractivity contribution in [1.29, 1.82) is 0 Å². The van der Waals surface area contributed by atoms with Gasteiger partial charge in [-0.15, -0.1) is 0 Å². The molecule has 0 spiro atoms. The molecule has 0 unspecified atom stereocenters. The molecule has 1 aromatic carbocycles. The van der Waals surface area contributed by atoms with Crippen molar-refractivity contribution in [2.75, 3.05) is 5.73 Å². The van der Waals surface area contributed by atoms with Crippen LogP contribution >= 0.6 is 11.6 Å². The molecular formula is C14H10ClN3O. The number of nitrogens with two attached hydrogens (primary N) is 1. The Hall–Kier alpha value is -2.33. The van der Waals surface area contributed by atoms with E-state index in [9.17, 15) is 0 Å². The quantitative estimate of drug-likeness (QED) is 0.723. The van der Waals surface area contributed by atoms with Crippen LogP contribution in [0.3, 0.4) is 0 Å². The summed E-state index contributed by atoms with van der Waals surface area (Å²) < 4.78 is 5.71. The van der Waals surface area contributed by atoms with Crippen molar-refractivity contribution in [3.8, 4) is 11.5 Å². The highest BCUT2D eigenvalue weighted by atomic mass is 35.5. The Balaban J connectivity index is 2.04. The number of aromatic nitrogens is 2. The number of nitrogens with zero attached hydrogens (tertiary/aromatic N) is 2. The van der Waals surface area contributed by atoms with Crippen LogP contribution in [-0.2, 0) is 0 Å². The molecular weight excluding hydrogens is 262 g/mol. The van der Waals surface area contributed by atoms with E-state index in [1.165, 1.54) is 0 Å². The highest BCUT2D eigenvalue weighted by Crippen LogP contribution is 2.33. The summed E-state index contributed by atoms with van der Waals surface area (Å²) in [5.41, 5.74) is 6.67. The van der Waals surface area contributed by atoms with E-state index in [1.807, 2.05) is 12.1 Å². The molecule has 0 aliphatic carbocycles. The topological polar surface area (TPSA) is 61.0 Å². The second kappa shape index (κ2) is 4.74. The maximum Gasteiger partial charge on any atom is 0.151 e. The number of pyridine rings is 2. The molecule has 0 amide bonds. The van der Waals surface area contributed by atoms with Crippen molar-refractivity contribution in [2.24, 2.45) is 0 Å². The largest absolute Gasteiger partial charge is 0.454 e. The van der Waals surface area contributed by atoms with Gasteiger partial charge in [0.05, 0.1) is 16.9 Å². The molecule has 2 N–H and O–H groups in total. The first-order valence-electron chi connectivity index (χ1n) is 5.64. The second-order valence-electron chi connectivity index (χ2n) is 4.02. The Morgan fingerprint density at radius 2 is 1.95 bits per heavy atom. The Bertz CT molecular complexity index is 746. The number of fused-ring (bicyclic) bond motifs is 1. The van der Waals surface area contributed by atoms with Crippen LogP contribution in [0.1, 0.15) is 0 Å². The summed E-state index contributed by atoms with van der Waals surface area (Å²) in [5, 5.41) is 2.39. The van der Waals surface area contributed by atoms with Crippen LogP contribution in [0.4, 0.5) is 5.69 Å². The monoisotopic (exact) mass is 271 g/mol. The first-order valence-corrected chi connectivity index (χ1v) is 6.02. The Labute approximate surface area is 114 Å². The van der Waals surface area contributed by atoms with Crippen molar-refractivity contribution < 1.29 is 4.74 Å². The maximum atomic E-state index is 6.10. The molecule has 0 aliphatic rings. The van der Waals surface area contributed by atoms with E-state index in [4.69, 9.17) is 22.1 Å². The van der Waals surface area contributed by atoms with Gasteiger partial charge < -0.3 is 10.5 Å². The smallest absolute Gasteiger partial charge is 0.151 e. The van der Waals surface area contributed by atoms with Crippen LogP contribution in [-0.4, -0.2) is 9.97 Å². The van der Waals surface area contributed by atoms with Crippen molar-refractivity contribution >= 4 is 28.1 Å². The van der Waals surface area contributed by atoms with Crippen LogP contribution < -0.4 is 10.5 Å². The highest BCUT2D eigenvalue weighted by Gasteiger charge is 2.07. The fourth-order valence-corrected chi connectivity index (χ4v) is 2.00. The molecule has 0 saturated carbocycles. The summed E-state index contributed by atoms with van der Waals surface area (Å²) in [7, 11) is 0. The Kier molecular flexibility index (Phi) is 2.93. The lowest BCUT2D eigenvalue weighted by Crippen LogP contribution is -1.94. The predicted molar refractivity (Wildman–Crippen MR) is 75.5 cm³/mol. The van der Waals surface area contributed by atoms with Gasteiger partial charge >= 0.3 is 0 Å². The van der Waals surface area contributed by atoms with E-state index >= 15 is 0 Å². The minimum Gasteiger partial charge on any atom is -0.454 e. The third kappa shape index (κ3) is 2.30. The van der Waals surface area contributed by atoms with Gasteiger partial charge in [-0.3, -0.25) is 9.97 Å². The molecule has 0 bridgehead atoms. The van der Waals surface area contributed by atoms with Gasteiger partial charge in [-0.1, -0.05) is 11.6 Å². The molecule has 94 valence electrons. The van der Waals surface area contributed by atoms with Gasteiger partial charge in [-0.25, -0.2) is 0 Å². The molecule has 0 atom stereocenters. The Morgan fingerprint density at radius 3 is 2.79 bits per heavy atom.